The van der Waals surface area contributed by atoms with E-state index in [-0.39, 0.29) is 46.5 Å². The third-order valence-electron chi connectivity index (χ3n) is 2.75. The van der Waals surface area contributed by atoms with E-state index in [2.05, 4.69) is 45.2 Å². The largest absolute Gasteiger partial charge is 3.00 e. The summed E-state index contributed by atoms with van der Waals surface area (Å²) in [7, 11) is -1.52. The molecule has 0 N–H and O–H groups in total. The minimum Gasteiger partial charge on any atom is -1.00 e. The van der Waals surface area contributed by atoms with Crippen LogP contribution in [0.25, 0.3) is 0 Å². The summed E-state index contributed by atoms with van der Waals surface area (Å²) in [6.45, 7) is 9.73. The molecule has 0 fully saturated rings. The number of hydrogen-bond acceptors (Lipinski definition) is 1. The SMILES string of the molecule is CCO[Si](C)(C)C(C)C1=[C-]CC=C1.[Cl-].[Cl-].[Ti+3]. The molecule has 16 heavy (non-hydrogen) atoms. The normalized spacial score (nSPS) is 15.4. The Balaban J connectivity index is -0.000000563. The van der Waals surface area contributed by atoms with Crippen LogP contribution in [0.4, 0.5) is 0 Å². The van der Waals surface area contributed by atoms with Gasteiger partial charge in [-0.25, -0.2) is 11.6 Å². The summed E-state index contributed by atoms with van der Waals surface area (Å²) >= 11 is 0. The van der Waals surface area contributed by atoms with Gasteiger partial charge in [-0.2, -0.15) is 6.08 Å². The van der Waals surface area contributed by atoms with Crippen LogP contribution < -0.4 is 24.8 Å². The molecule has 1 radical (unpaired) electrons. The van der Waals surface area contributed by atoms with Crippen LogP contribution in [0.3, 0.4) is 0 Å². The fourth-order valence-corrected chi connectivity index (χ4v) is 3.53. The van der Waals surface area contributed by atoms with Crippen molar-refractivity contribution in [3.63, 3.8) is 0 Å². The zero-order chi connectivity index (χ0) is 9.90. The Morgan fingerprint density at radius 3 is 2.38 bits per heavy atom. The summed E-state index contributed by atoms with van der Waals surface area (Å²) in [6, 6.07) is 0. The van der Waals surface area contributed by atoms with Crippen LogP contribution >= 0.6 is 0 Å². The van der Waals surface area contributed by atoms with Crippen LogP contribution in [0, 0.1) is 6.08 Å². The van der Waals surface area contributed by atoms with E-state index in [1.807, 2.05) is 0 Å². The van der Waals surface area contributed by atoms with Gasteiger partial charge in [0, 0.05) is 6.61 Å². The van der Waals surface area contributed by atoms with Gasteiger partial charge < -0.3 is 29.2 Å². The summed E-state index contributed by atoms with van der Waals surface area (Å²) in [5, 5.41) is 0. The fraction of sp³-hybridized carbons (Fsp3) is 0.636. The van der Waals surface area contributed by atoms with E-state index in [0.29, 0.717) is 5.54 Å². The average Bonchev–Trinajstić information content (AvgIpc) is 2.54. The minimum absolute atomic E-state index is 0. The minimum atomic E-state index is -1.52. The molecule has 0 aromatic rings. The summed E-state index contributed by atoms with van der Waals surface area (Å²) in [6.07, 6.45) is 8.73. The number of allylic oxidation sites excluding steroid dienone is 4. The molecule has 5 heteroatoms. The zero-order valence-corrected chi connectivity index (χ0v) is 14.4. The Hall–Kier alpha value is 0.951. The van der Waals surface area contributed by atoms with Crippen molar-refractivity contribution in [2.75, 3.05) is 6.61 Å². The first-order chi connectivity index (χ1) is 6.08. The van der Waals surface area contributed by atoms with Gasteiger partial charge in [-0.15, -0.1) is 6.42 Å². The molecule has 1 aliphatic rings. The standard InChI is InChI=1S/C11H19OSi.2ClH.Ti/c1-5-12-13(3,4)10(2)11-8-6-7-9-11;;;/h6,8,10H,5,7H2,1-4H3;2*1H;/q-1;;;+3/p-2. The predicted octanol–water partition coefficient (Wildman–Crippen LogP) is -2.69. The van der Waals surface area contributed by atoms with Gasteiger partial charge >= 0.3 is 21.7 Å². The van der Waals surface area contributed by atoms with E-state index in [9.17, 15) is 0 Å². The van der Waals surface area contributed by atoms with Gasteiger partial charge in [0.15, 0.2) is 8.32 Å². The van der Waals surface area contributed by atoms with Crippen molar-refractivity contribution in [2.24, 2.45) is 0 Å². The van der Waals surface area contributed by atoms with E-state index < -0.39 is 8.32 Å². The van der Waals surface area contributed by atoms with Gasteiger partial charge in [-0.05, 0) is 25.6 Å². The average molecular weight is 314 g/mol. The van der Waals surface area contributed by atoms with Crippen LogP contribution in [-0.2, 0) is 26.1 Å². The van der Waals surface area contributed by atoms with E-state index in [1.165, 1.54) is 5.57 Å². The molecule has 0 heterocycles. The maximum Gasteiger partial charge on any atom is 3.00 e. The molecule has 1 aliphatic carbocycles. The van der Waals surface area contributed by atoms with Crippen molar-refractivity contribution in [3.05, 3.63) is 23.8 Å². The first-order valence-electron chi connectivity index (χ1n) is 4.99. The maximum atomic E-state index is 5.85. The molecular formula is C11H19Cl2OSiTi. The Morgan fingerprint density at radius 2 is 2.00 bits per heavy atom. The fourth-order valence-electron chi connectivity index (χ4n) is 1.59. The second-order valence-electron chi connectivity index (χ2n) is 4.00. The van der Waals surface area contributed by atoms with Gasteiger partial charge in [-0.1, -0.05) is 6.92 Å². The van der Waals surface area contributed by atoms with Gasteiger partial charge in [0.05, 0.1) is 0 Å². The Kier molecular flexibility index (Phi) is 13.8. The predicted molar refractivity (Wildman–Crippen MR) is 59.0 cm³/mol. The molecule has 1 rings (SSSR count). The molecule has 0 aromatic carbocycles. The third-order valence-corrected chi connectivity index (χ3v) is 6.18. The van der Waals surface area contributed by atoms with E-state index in [0.717, 1.165) is 13.0 Å². The molecule has 1 unspecified atom stereocenters. The quantitative estimate of drug-likeness (QED) is 0.406. The number of halogens is 2. The van der Waals surface area contributed by atoms with Crippen LogP contribution in [0.15, 0.2) is 17.7 Å². The van der Waals surface area contributed by atoms with Crippen molar-refractivity contribution >= 4 is 8.32 Å². The first kappa shape index (κ1) is 22.2. The molecule has 0 aliphatic heterocycles. The van der Waals surface area contributed by atoms with Gasteiger partial charge in [0.25, 0.3) is 0 Å². The van der Waals surface area contributed by atoms with Crippen molar-refractivity contribution < 1.29 is 51.0 Å². The van der Waals surface area contributed by atoms with Crippen LogP contribution in [0.5, 0.6) is 0 Å². The molecule has 1 nitrogen and oxygen atoms in total. The third kappa shape index (κ3) is 6.04. The number of hydrogen-bond donors (Lipinski definition) is 0. The molecule has 0 saturated heterocycles. The molecule has 0 amide bonds. The Bertz CT molecular complexity index is 242. The second kappa shape index (κ2) is 9.93. The summed E-state index contributed by atoms with van der Waals surface area (Å²) in [4.78, 5) is 0. The topological polar surface area (TPSA) is 9.23 Å². The Labute approximate surface area is 128 Å². The molecule has 0 bridgehead atoms. The monoisotopic (exact) mass is 313 g/mol. The summed E-state index contributed by atoms with van der Waals surface area (Å²) in [5.74, 6) is 0. The first-order valence-corrected chi connectivity index (χ1v) is 7.97. The molecule has 0 spiro atoms. The van der Waals surface area contributed by atoms with E-state index >= 15 is 0 Å². The van der Waals surface area contributed by atoms with Gasteiger partial charge in [-0.3, -0.25) is 6.08 Å². The summed E-state index contributed by atoms with van der Waals surface area (Å²) < 4.78 is 5.85. The smallest absolute Gasteiger partial charge is 1.00 e. The summed E-state index contributed by atoms with van der Waals surface area (Å²) in [5.41, 5.74) is 1.91. The van der Waals surface area contributed by atoms with E-state index in [1.54, 1.807) is 0 Å². The molecule has 0 saturated carbocycles. The molecule has 91 valence electrons. The van der Waals surface area contributed by atoms with Crippen molar-refractivity contribution in [1.29, 1.82) is 0 Å². The molecular weight excluding hydrogens is 295 g/mol. The molecule has 0 aromatic heterocycles. The van der Waals surface area contributed by atoms with Crippen LogP contribution in [0.1, 0.15) is 20.3 Å². The van der Waals surface area contributed by atoms with Crippen molar-refractivity contribution in [3.8, 4) is 0 Å². The van der Waals surface area contributed by atoms with Crippen molar-refractivity contribution in [2.45, 2.75) is 38.9 Å². The second-order valence-corrected chi connectivity index (χ2v) is 8.36. The molecule has 1 atom stereocenters. The van der Waals surface area contributed by atoms with Crippen LogP contribution in [0.2, 0.25) is 18.6 Å². The van der Waals surface area contributed by atoms with E-state index in [4.69, 9.17) is 4.43 Å². The van der Waals surface area contributed by atoms with Gasteiger partial charge in [0.1, 0.15) is 0 Å². The zero-order valence-electron chi connectivity index (χ0n) is 10.3. The van der Waals surface area contributed by atoms with Gasteiger partial charge in [0.2, 0.25) is 0 Å². The van der Waals surface area contributed by atoms with Crippen molar-refractivity contribution in [1.82, 2.24) is 0 Å². The number of rotatable bonds is 4. The Morgan fingerprint density at radius 1 is 1.44 bits per heavy atom. The van der Waals surface area contributed by atoms with Crippen LogP contribution in [-0.4, -0.2) is 14.9 Å². The maximum absolute atomic E-state index is 5.85.